The van der Waals surface area contributed by atoms with Gasteiger partial charge in [0.15, 0.2) is 0 Å². The first-order valence-electron chi connectivity index (χ1n) is 4.91. The van der Waals surface area contributed by atoms with Crippen molar-refractivity contribution in [1.82, 2.24) is 0 Å². The third kappa shape index (κ3) is 5.90. The Morgan fingerprint density at radius 1 is 1.25 bits per heavy atom. The van der Waals surface area contributed by atoms with Crippen molar-refractivity contribution in [3.63, 3.8) is 0 Å². The van der Waals surface area contributed by atoms with Gasteiger partial charge in [0.2, 0.25) is 0 Å². The van der Waals surface area contributed by atoms with E-state index in [4.69, 9.17) is 0 Å². The van der Waals surface area contributed by atoms with Gasteiger partial charge < -0.3 is 5.11 Å². The predicted octanol–water partition coefficient (Wildman–Crippen LogP) is 2.93. The van der Waals surface area contributed by atoms with Crippen molar-refractivity contribution in [2.45, 2.75) is 45.6 Å². The molecule has 12 heavy (non-hydrogen) atoms. The molecule has 0 fully saturated rings. The highest BCUT2D eigenvalue weighted by molar-refractivity contribution is 7.98. The maximum Gasteiger partial charge on any atom is 0.0550 e. The highest BCUT2D eigenvalue weighted by Crippen LogP contribution is 2.17. The number of rotatable bonds is 7. The number of aliphatic hydroxyl groups is 1. The molecule has 0 spiro atoms. The molecule has 0 aromatic rings. The normalized spacial score (nSPS) is 13.8. The Hall–Kier alpha value is 0.310. The summed E-state index contributed by atoms with van der Waals surface area (Å²) in [7, 11) is 0. The topological polar surface area (TPSA) is 20.2 Å². The molecule has 0 saturated heterocycles. The Morgan fingerprint density at radius 3 is 2.25 bits per heavy atom. The van der Waals surface area contributed by atoms with E-state index < -0.39 is 0 Å². The van der Waals surface area contributed by atoms with Crippen molar-refractivity contribution in [3.05, 3.63) is 0 Å². The molecule has 2 heteroatoms. The smallest absolute Gasteiger partial charge is 0.0550 e. The largest absolute Gasteiger partial charge is 0.393 e. The zero-order valence-corrected chi connectivity index (χ0v) is 9.36. The number of hydrogen-bond acceptors (Lipinski definition) is 2. The van der Waals surface area contributed by atoms with Crippen LogP contribution in [0.1, 0.15) is 39.5 Å². The van der Waals surface area contributed by atoms with Crippen LogP contribution in [0.25, 0.3) is 0 Å². The monoisotopic (exact) mass is 190 g/mol. The highest BCUT2D eigenvalue weighted by atomic mass is 32.2. The minimum atomic E-state index is -0.0673. The fraction of sp³-hybridized carbons (Fsp3) is 1.00. The second kappa shape index (κ2) is 7.93. The van der Waals surface area contributed by atoms with Crippen LogP contribution in [0.15, 0.2) is 0 Å². The van der Waals surface area contributed by atoms with Gasteiger partial charge in [0, 0.05) is 0 Å². The van der Waals surface area contributed by atoms with Crippen LogP contribution in [0, 0.1) is 5.92 Å². The van der Waals surface area contributed by atoms with E-state index in [9.17, 15) is 5.11 Å². The van der Waals surface area contributed by atoms with E-state index in [1.54, 1.807) is 0 Å². The molecule has 1 nitrogen and oxygen atoms in total. The lowest BCUT2D eigenvalue weighted by atomic mass is 9.95. The van der Waals surface area contributed by atoms with Crippen LogP contribution in [-0.4, -0.2) is 23.2 Å². The van der Waals surface area contributed by atoms with Crippen molar-refractivity contribution in [3.8, 4) is 0 Å². The molecule has 0 aliphatic rings. The molecule has 0 aliphatic carbocycles. The summed E-state index contributed by atoms with van der Waals surface area (Å²) < 4.78 is 0. The Balaban J connectivity index is 3.44. The highest BCUT2D eigenvalue weighted by Gasteiger charge is 2.10. The van der Waals surface area contributed by atoms with Crippen molar-refractivity contribution >= 4 is 11.8 Å². The van der Waals surface area contributed by atoms with Crippen molar-refractivity contribution in [2.24, 2.45) is 5.92 Å². The van der Waals surface area contributed by atoms with Gasteiger partial charge in [-0.3, -0.25) is 0 Å². The molecule has 1 atom stereocenters. The van der Waals surface area contributed by atoms with Gasteiger partial charge in [-0.2, -0.15) is 11.8 Å². The zero-order chi connectivity index (χ0) is 9.40. The minimum Gasteiger partial charge on any atom is -0.393 e. The maximum atomic E-state index is 9.60. The van der Waals surface area contributed by atoms with Gasteiger partial charge in [-0.05, 0) is 30.8 Å². The first-order chi connectivity index (χ1) is 5.74. The van der Waals surface area contributed by atoms with Crippen LogP contribution >= 0.6 is 11.8 Å². The van der Waals surface area contributed by atoms with Gasteiger partial charge in [0.25, 0.3) is 0 Å². The Bertz CT molecular complexity index is 91.8. The van der Waals surface area contributed by atoms with E-state index >= 15 is 0 Å². The molecule has 1 N–H and O–H groups in total. The average Bonchev–Trinajstić information content (AvgIpc) is 2.10. The standard InChI is InChI=1S/C10H22OS/c1-4-9(5-2)8-10(11)6-7-12-3/h9-11H,4-8H2,1-3H3. The first kappa shape index (κ1) is 12.3. The van der Waals surface area contributed by atoms with E-state index in [0.29, 0.717) is 0 Å². The maximum absolute atomic E-state index is 9.60. The molecule has 0 amide bonds. The molecule has 0 heterocycles. The second-order valence-corrected chi connectivity index (χ2v) is 4.34. The van der Waals surface area contributed by atoms with Gasteiger partial charge >= 0.3 is 0 Å². The molecule has 0 aromatic heterocycles. The lowest BCUT2D eigenvalue weighted by molar-refractivity contribution is 0.137. The SMILES string of the molecule is CCC(CC)CC(O)CCSC. The molecule has 0 rings (SSSR count). The lowest BCUT2D eigenvalue weighted by Crippen LogP contribution is -2.13. The van der Waals surface area contributed by atoms with Gasteiger partial charge in [0.1, 0.15) is 0 Å². The Labute approximate surface area is 80.9 Å². The van der Waals surface area contributed by atoms with Crippen LogP contribution in [0.3, 0.4) is 0 Å². The van der Waals surface area contributed by atoms with Gasteiger partial charge in [-0.15, -0.1) is 0 Å². The van der Waals surface area contributed by atoms with E-state index in [0.717, 1.165) is 24.5 Å². The van der Waals surface area contributed by atoms with Gasteiger partial charge in [-0.25, -0.2) is 0 Å². The molecule has 0 bridgehead atoms. The van der Waals surface area contributed by atoms with E-state index in [2.05, 4.69) is 20.1 Å². The number of aliphatic hydroxyl groups excluding tert-OH is 1. The van der Waals surface area contributed by atoms with Crippen molar-refractivity contribution < 1.29 is 5.11 Å². The third-order valence-corrected chi connectivity index (χ3v) is 3.06. The molecule has 0 saturated carbocycles. The minimum absolute atomic E-state index is 0.0673. The van der Waals surface area contributed by atoms with Crippen molar-refractivity contribution in [1.29, 1.82) is 0 Å². The summed E-state index contributed by atoms with van der Waals surface area (Å²) in [4.78, 5) is 0. The molecular weight excluding hydrogens is 168 g/mol. The summed E-state index contributed by atoms with van der Waals surface area (Å²) >= 11 is 1.81. The van der Waals surface area contributed by atoms with E-state index in [-0.39, 0.29) is 6.10 Å². The predicted molar refractivity (Wildman–Crippen MR) is 57.7 cm³/mol. The summed E-state index contributed by atoms with van der Waals surface area (Å²) in [5.74, 6) is 1.81. The van der Waals surface area contributed by atoms with E-state index in [1.165, 1.54) is 12.8 Å². The summed E-state index contributed by atoms with van der Waals surface area (Å²) in [5.41, 5.74) is 0. The van der Waals surface area contributed by atoms with Crippen molar-refractivity contribution in [2.75, 3.05) is 12.0 Å². The summed E-state index contributed by atoms with van der Waals surface area (Å²) in [6.07, 6.45) is 6.37. The molecular formula is C10H22OS. The van der Waals surface area contributed by atoms with Crippen LogP contribution in [0.5, 0.6) is 0 Å². The van der Waals surface area contributed by atoms with E-state index in [1.807, 2.05) is 11.8 Å². The first-order valence-corrected chi connectivity index (χ1v) is 6.30. The fourth-order valence-corrected chi connectivity index (χ4v) is 1.89. The van der Waals surface area contributed by atoms with Crippen LogP contribution < -0.4 is 0 Å². The zero-order valence-electron chi connectivity index (χ0n) is 8.55. The Morgan fingerprint density at radius 2 is 1.83 bits per heavy atom. The van der Waals surface area contributed by atoms with Crippen LogP contribution in [0.2, 0.25) is 0 Å². The van der Waals surface area contributed by atoms with Crippen LogP contribution in [-0.2, 0) is 0 Å². The second-order valence-electron chi connectivity index (χ2n) is 3.35. The fourth-order valence-electron chi connectivity index (χ4n) is 1.38. The summed E-state index contributed by atoms with van der Waals surface area (Å²) in [6, 6.07) is 0. The molecule has 0 aliphatic heterocycles. The molecule has 0 aromatic carbocycles. The quantitative estimate of drug-likeness (QED) is 0.666. The molecule has 1 unspecified atom stereocenters. The number of thioether (sulfide) groups is 1. The third-order valence-electron chi connectivity index (χ3n) is 2.42. The number of hydrogen-bond donors (Lipinski definition) is 1. The summed E-state index contributed by atoms with van der Waals surface area (Å²) in [5, 5.41) is 9.60. The summed E-state index contributed by atoms with van der Waals surface area (Å²) in [6.45, 7) is 4.41. The van der Waals surface area contributed by atoms with Gasteiger partial charge in [0.05, 0.1) is 6.10 Å². The average molecular weight is 190 g/mol. The molecule has 74 valence electrons. The Kier molecular flexibility index (Phi) is 8.14. The van der Waals surface area contributed by atoms with Crippen LogP contribution in [0.4, 0.5) is 0 Å². The lowest BCUT2D eigenvalue weighted by Gasteiger charge is -2.16. The van der Waals surface area contributed by atoms with Gasteiger partial charge in [-0.1, -0.05) is 26.7 Å². The molecule has 0 radical (unpaired) electrons.